The van der Waals surface area contributed by atoms with Crippen LogP contribution in [0.15, 0.2) is 48.5 Å². The van der Waals surface area contributed by atoms with Crippen LogP contribution in [-0.2, 0) is 0 Å². The lowest BCUT2D eigenvalue weighted by Gasteiger charge is -2.33. The molecule has 2 aromatic carbocycles. The van der Waals surface area contributed by atoms with Crippen LogP contribution < -0.4 is 10.6 Å². The SMILES string of the molecule is Cc1ccc(C2CC(C(F)(F)F)n3nc(C(=O)Nc4ccc(F)cc4F)cc3N2)cc1. The van der Waals surface area contributed by atoms with Gasteiger partial charge in [-0.05, 0) is 24.6 Å². The molecule has 3 aromatic rings. The van der Waals surface area contributed by atoms with Crippen molar-refractivity contribution in [1.82, 2.24) is 9.78 Å². The molecule has 0 bridgehead atoms. The zero-order chi connectivity index (χ0) is 22.3. The Kier molecular flexibility index (Phi) is 5.16. The Morgan fingerprint density at radius 1 is 1.13 bits per heavy atom. The zero-order valence-corrected chi connectivity index (χ0v) is 16.2. The van der Waals surface area contributed by atoms with Gasteiger partial charge < -0.3 is 10.6 Å². The number of nitrogens with one attached hydrogen (secondary N) is 2. The van der Waals surface area contributed by atoms with Crippen LogP contribution in [0.25, 0.3) is 0 Å². The number of amides is 1. The van der Waals surface area contributed by atoms with Crippen LogP contribution in [0.2, 0.25) is 0 Å². The molecule has 2 unspecified atom stereocenters. The van der Waals surface area contributed by atoms with Gasteiger partial charge in [0.25, 0.3) is 5.91 Å². The molecule has 1 aromatic heterocycles. The summed E-state index contributed by atoms with van der Waals surface area (Å²) in [6.07, 6.45) is -4.91. The first-order valence-corrected chi connectivity index (χ1v) is 9.37. The molecule has 10 heteroatoms. The molecule has 2 atom stereocenters. The second-order valence-corrected chi connectivity index (χ2v) is 7.34. The fraction of sp³-hybridized carbons (Fsp3) is 0.238. The molecule has 0 radical (unpaired) electrons. The summed E-state index contributed by atoms with van der Waals surface area (Å²) in [4.78, 5) is 12.5. The number of fused-ring (bicyclic) bond motifs is 1. The van der Waals surface area contributed by atoms with Gasteiger partial charge >= 0.3 is 6.18 Å². The first kappa shape index (κ1) is 20.8. The fourth-order valence-corrected chi connectivity index (χ4v) is 3.48. The maximum Gasteiger partial charge on any atom is 0.410 e. The van der Waals surface area contributed by atoms with Crippen LogP contribution in [0.1, 0.15) is 40.1 Å². The highest BCUT2D eigenvalue weighted by Crippen LogP contribution is 2.43. The molecule has 1 aliphatic rings. The van der Waals surface area contributed by atoms with Gasteiger partial charge in [0, 0.05) is 18.6 Å². The average Bonchev–Trinajstić information content (AvgIpc) is 3.13. The molecule has 1 amide bonds. The fourth-order valence-electron chi connectivity index (χ4n) is 3.48. The molecular formula is C21H17F5N4O. The summed E-state index contributed by atoms with van der Waals surface area (Å²) < 4.78 is 68.8. The number of carbonyl (C=O) groups is 1. The van der Waals surface area contributed by atoms with Crippen LogP contribution in [0, 0.1) is 18.6 Å². The number of nitrogens with zero attached hydrogens (tertiary/aromatic N) is 2. The van der Waals surface area contributed by atoms with Gasteiger partial charge in [-0.15, -0.1) is 0 Å². The molecule has 1 aliphatic heterocycles. The number of halogens is 5. The molecule has 0 saturated heterocycles. The molecule has 2 heterocycles. The minimum atomic E-state index is -4.59. The highest BCUT2D eigenvalue weighted by molar-refractivity contribution is 6.03. The monoisotopic (exact) mass is 436 g/mol. The van der Waals surface area contributed by atoms with Crippen molar-refractivity contribution in [2.45, 2.75) is 31.6 Å². The number of rotatable bonds is 3. The number of hydrogen-bond acceptors (Lipinski definition) is 3. The maximum atomic E-state index is 13.8. The largest absolute Gasteiger partial charge is 0.410 e. The Bertz CT molecular complexity index is 1120. The molecular weight excluding hydrogens is 419 g/mol. The number of anilines is 2. The van der Waals surface area contributed by atoms with Crippen LogP contribution in [0.3, 0.4) is 0 Å². The van der Waals surface area contributed by atoms with Crippen molar-refractivity contribution in [3.8, 4) is 0 Å². The smallest absolute Gasteiger partial charge is 0.363 e. The van der Waals surface area contributed by atoms with E-state index in [2.05, 4.69) is 15.7 Å². The number of aryl methyl sites for hydroxylation is 1. The van der Waals surface area contributed by atoms with Crippen molar-refractivity contribution in [3.05, 3.63) is 77.0 Å². The Morgan fingerprint density at radius 2 is 1.84 bits per heavy atom. The number of carbonyl (C=O) groups excluding carboxylic acids is 1. The average molecular weight is 436 g/mol. The van der Waals surface area contributed by atoms with E-state index in [4.69, 9.17) is 0 Å². The van der Waals surface area contributed by atoms with Gasteiger partial charge in [0.15, 0.2) is 11.7 Å². The summed E-state index contributed by atoms with van der Waals surface area (Å²) in [6, 6.07) is 8.25. The third-order valence-electron chi connectivity index (χ3n) is 5.08. The predicted molar refractivity (Wildman–Crippen MR) is 104 cm³/mol. The van der Waals surface area contributed by atoms with Gasteiger partial charge in [-0.25, -0.2) is 13.5 Å². The molecule has 0 saturated carbocycles. The summed E-state index contributed by atoms with van der Waals surface area (Å²) in [5.74, 6) is -2.73. The van der Waals surface area contributed by atoms with Crippen LogP contribution in [0.4, 0.5) is 33.5 Å². The first-order chi connectivity index (χ1) is 14.6. The Labute approximate surface area is 173 Å². The summed E-state index contributed by atoms with van der Waals surface area (Å²) in [6.45, 7) is 1.88. The van der Waals surface area contributed by atoms with Gasteiger partial charge in [-0.1, -0.05) is 29.8 Å². The van der Waals surface area contributed by atoms with E-state index in [1.807, 2.05) is 19.1 Å². The molecule has 5 nitrogen and oxygen atoms in total. The van der Waals surface area contributed by atoms with Crippen molar-refractivity contribution in [1.29, 1.82) is 0 Å². The Hall–Kier alpha value is -3.43. The number of hydrogen-bond donors (Lipinski definition) is 2. The van der Waals surface area contributed by atoms with Gasteiger partial charge in [0.1, 0.15) is 17.5 Å². The summed E-state index contributed by atoms with van der Waals surface area (Å²) in [7, 11) is 0. The number of benzene rings is 2. The quantitative estimate of drug-likeness (QED) is 0.542. The summed E-state index contributed by atoms with van der Waals surface area (Å²) >= 11 is 0. The van der Waals surface area contributed by atoms with Gasteiger partial charge in [-0.3, -0.25) is 4.79 Å². The van der Waals surface area contributed by atoms with Crippen LogP contribution in [-0.4, -0.2) is 21.9 Å². The predicted octanol–water partition coefficient (Wildman–Crippen LogP) is 5.38. The Balaban J connectivity index is 1.64. The van der Waals surface area contributed by atoms with Crippen LogP contribution >= 0.6 is 0 Å². The topological polar surface area (TPSA) is 59.0 Å². The van der Waals surface area contributed by atoms with Crippen molar-refractivity contribution in [2.24, 2.45) is 0 Å². The summed E-state index contributed by atoms with van der Waals surface area (Å²) in [5, 5.41) is 9.00. The van der Waals surface area contributed by atoms with Crippen LogP contribution in [0.5, 0.6) is 0 Å². The third-order valence-corrected chi connectivity index (χ3v) is 5.08. The third kappa shape index (κ3) is 4.23. The lowest BCUT2D eigenvalue weighted by atomic mass is 9.96. The van der Waals surface area contributed by atoms with E-state index in [0.29, 0.717) is 11.6 Å². The molecule has 0 aliphatic carbocycles. The molecule has 2 N–H and O–H groups in total. The van der Waals surface area contributed by atoms with Gasteiger partial charge in [0.2, 0.25) is 0 Å². The van der Waals surface area contributed by atoms with Gasteiger partial charge in [-0.2, -0.15) is 18.3 Å². The van der Waals surface area contributed by atoms with E-state index >= 15 is 0 Å². The Morgan fingerprint density at radius 3 is 2.48 bits per heavy atom. The van der Waals surface area contributed by atoms with E-state index in [1.54, 1.807) is 12.1 Å². The van der Waals surface area contributed by atoms with E-state index in [9.17, 15) is 26.7 Å². The highest BCUT2D eigenvalue weighted by Gasteiger charge is 2.46. The van der Waals surface area contributed by atoms with Gasteiger partial charge in [0.05, 0.1) is 11.7 Å². The van der Waals surface area contributed by atoms with Crippen molar-refractivity contribution >= 4 is 17.4 Å². The normalized spacial score (nSPS) is 18.3. The first-order valence-electron chi connectivity index (χ1n) is 9.37. The van der Waals surface area contributed by atoms with Crippen molar-refractivity contribution in [2.75, 3.05) is 10.6 Å². The van der Waals surface area contributed by atoms with Crippen molar-refractivity contribution < 1.29 is 26.7 Å². The highest BCUT2D eigenvalue weighted by atomic mass is 19.4. The molecule has 4 rings (SSSR count). The van der Waals surface area contributed by atoms with E-state index in [0.717, 1.165) is 22.4 Å². The molecule has 162 valence electrons. The maximum absolute atomic E-state index is 13.8. The molecule has 31 heavy (non-hydrogen) atoms. The second-order valence-electron chi connectivity index (χ2n) is 7.34. The van der Waals surface area contributed by atoms with E-state index in [1.165, 1.54) is 6.07 Å². The standard InChI is InChI=1S/C21H17F5N4O/c1-11-2-4-12(5-3-11)16-9-18(21(24,25)26)30-19(27-16)10-17(29-30)20(31)28-15-7-6-13(22)8-14(15)23/h2-8,10,16,18,27H,9H2,1H3,(H,28,31). The molecule has 0 fully saturated rings. The lowest BCUT2D eigenvalue weighted by molar-refractivity contribution is -0.173. The van der Waals surface area contributed by atoms with E-state index in [-0.39, 0.29) is 23.6 Å². The van der Waals surface area contributed by atoms with E-state index < -0.39 is 35.8 Å². The molecule has 0 spiro atoms. The zero-order valence-electron chi connectivity index (χ0n) is 16.2. The number of alkyl halides is 3. The summed E-state index contributed by atoms with van der Waals surface area (Å²) in [5.41, 5.74) is 1.01. The van der Waals surface area contributed by atoms with Crippen molar-refractivity contribution in [3.63, 3.8) is 0 Å². The minimum absolute atomic E-state index is 0.0175. The number of aromatic nitrogens is 2. The lowest BCUT2D eigenvalue weighted by Crippen LogP contribution is -2.35. The second kappa shape index (κ2) is 7.68. The minimum Gasteiger partial charge on any atom is -0.363 e.